The second kappa shape index (κ2) is 7.70. The highest BCUT2D eigenvalue weighted by molar-refractivity contribution is 5.62. The lowest BCUT2D eigenvalue weighted by molar-refractivity contribution is -0.134. The van der Waals surface area contributed by atoms with Crippen molar-refractivity contribution in [2.24, 2.45) is 11.8 Å². The summed E-state index contributed by atoms with van der Waals surface area (Å²) in [7, 11) is 0. The summed E-state index contributed by atoms with van der Waals surface area (Å²) in [6, 6.07) is 0. The van der Waals surface area contributed by atoms with Gasteiger partial charge in [-0.1, -0.05) is 64.2 Å². The molecule has 0 aliphatic heterocycles. The van der Waals surface area contributed by atoms with Gasteiger partial charge in [0.1, 0.15) is 0 Å². The van der Waals surface area contributed by atoms with Gasteiger partial charge in [-0.05, 0) is 11.8 Å². The molecule has 2 saturated carbocycles. The van der Waals surface area contributed by atoms with Crippen LogP contribution in [0.15, 0.2) is 0 Å². The molecule has 2 fully saturated rings. The monoisotopic (exact) mass is 226 g/mol. The first kappa shape index (κ1) is 13.5. The quantitative estimate of drug-likeness (QED) is 0.726. The van der Waals surface area contributed by atoms with E-state index >= 15 is 0 Å². The molecule has 2 aliphatic rings. The van der Waals surface area contributed by atoms with Crippen LogP contribution in [0.3, 0.4) is 0 Å². The largest absolute Gasteiger partial charge is 0.481 e. The summed E-state index contributed by atoms with van der Waals surface area (Å²) in [6.45, 7) is 1.08. The number of carboxylic acids is 1. The van der Waals surface area contributed by atoms with E-state index in [2.05, 4.69) is 0 Å². The average Bonchev–Trinajstić information content (AvgIpc) is 2.31. The molecule has 94 valence electrons. The zero-order chi connectivity index (χ0) is 11.8. The third-order valence-electron chi connectivity index (χ3n) is 3.97. The molecule has 0 aromatic rings. The number of carbonyl (C=O) groups is 1. The van der Waals surface area contributed by atoms with Crippen molar-refractivity contribution in [2.45, 2.75) is 71.1 Å². The molecule has 0 aromatic heterocycles. The highest BCUT2D eigenvalue weighted by Crippen LogP contribution is 2.37. The molecule has 0 heterocycles. The maximum Gasteiger partial charge on any atom is 0.300 e. The van der Waals surface area contributed by atoms with Crippen LogP contribution in [0.25, 0.3) is 0 Å². The Bertz CT molecular complexity index is 169. The Balaban J connectivity index is 0.000000280. The molecule has 0 atom stereocenters. The highest BCUT2D eigenvalue weighted by Gasteiger charge is 2.24. The molecule has 0 amide bonds. The van der Waals surface area contributed by atoms with Gasteiger partial charge in [0.25, 0.3) is 5.97 Å². The fourth-order valence-corrected chi connectivity index (χ4v) is 3.21. The predicted octanol–water partition coefficient (Wildman–Crippen LogP) is 4.24. The second-order valence-electron chi connectivity index (χ2n) is 5.32. The maximum atomic E-state index is 9.00. The number of hydrogen-bond acceptors (Lipinski definition) is 1. The summed E-state index contributed by atoms with van der Waals surface area (Å²) in [5.41, 5.74) is 0. The zero-order valence-corrected chi connectivity index (χ0v) is 10.6. The van der Waals surface area contributed by atoms with Crippen molar-refractivity contribution in [1.82, 2.24) is 0 Å². The highest BCUT2D eigenvalue weighted by atomic mass is 16.4. The standard InChI is InChI=1S/C12H22.C2H4O2/c1-3-7-11(8-4-1)12-9-5-2-6-10-12;1-2(3)4/h11-12H,1-10H2;1H3,(H,3,4). The van der Waals surface area contributed by atoms with E-state index in [1.54, 1.807) is 25.7 Å². The van der Waals surface area contributed by atoms with Gasteiger partial charge in [-0.3, -0.25) is 4.79 Å². The van der Waals surface area contributed by atoms with E-state index in [4.69, 9.17) is 9.90 Å². The molecule has 2 heteroatoms. The van der Waals surface area contributed by atoms with Gasteiger partial charge in [-0.2, -0.15) is 0 Å². The van der Waals surface area contributed by atoms with Gasteiger partial charge >= 0.3 is 0 Å². The van der Waals surface area contributed by atoms with E-state index in [0.29, 0.717) is 0 Å². The van der Waals surface area contributed by atoms with Crippen LogP contribution >= 0.6 is 0 Å². The van der Waals surface area contributed by atoms with Gasteiger partial charge in [0.2, 0.25) is 0 Å². The van der Waals surface area contributed by atoms with Gasteiger partial charge in [0, 0.05) is 6.92 Å². The van der Waals surface area contributed by atoms with Crippen molar-refractivity contribution in [1.29, 1.82) is 0 Å². The van der Waals surface area contributed by atoms with Crippen molar-refractivity contribution in [3.05, 3.63) is 0 Å². The van der Waals surface area contributed by atoms with E-state index in [9.17, 15) is 0 Å². The zero-order valence-electron chi connectivity index (χ0n) is 10.6. The predicted molar refractivity (Wildman–Crippen MR) is 66.5 cm³/mol. The van der Waals surface area contributed by atoms with Crippen LogP contribution in [0.5, 0.6) is 0 Å². The van der Waals surface area contributed by atoms with Crippen LogP contribution in [0.2, 0.25) is 0 Å². The first-order chi connectivity index (χ1) is 7.70. The summed E-state index contributed by atoms with van der Waals surface area (Å²) in [4.78, 5) is 9.00. The summed E-state index contributed by atoms with van der Waals surface area (Å²) >= 11 is 0. The Labute approximate surface area is 99.4 Å². The fraction of sp³-hybridized carbons (Fsp3) is 0.929. The summed E-state index contributed by atoms with van der Waals surface area (Å²) in [6.07, 6.45) is 15.4. The van der Waals surface area contributed by atoms with Gasteiger partial charge in [0.05, 0.1) is 0 Å². The average molecular weight is 226 g/mol. The van der Waals surface area contributed by atoms with Crippen LogP contribution in [-0.4, -0.2) is 11.1 Å². The molecule has 0 saturated heterocycles. The van der Waals surface area contributed by atoms with E-state index in [1.165, 1.54) is 38.5 Å². The van der Waals surface area contributed by atoms with Crippen molar-refractivity contribution in [2.75, 3.05) is 0 Å². The Morgan fingerprint density at radius 3 is 1.31 bits per heavy atom. The Kier molecular flexibility index (Phi) is 6.51. The van der Waals surface area contributed by atoms with Gasteiger partial charge in [-0.25, -0.2) is 0 Å². The van der Waals surface area contributed by atoms with E-state index in [0.717, 1.165) is 18.8 Å². The van der Waals surface area contributed by atoms with E-state index in [-0.39, 0.29) is 0 Å². The second-order valence-corrected chi connectivity index (χ2v) is 5.32. The van der Waals surface area contributed by atoms with E-state index < -0.39 is 5.97 Å². The van der Waals surface area contributed by atoms with Gasteiger partial charge < -0.3 is 5.11 Å². The van der Waals surface area contributed by atoms with Gasteiger partial charge in [-0.15, -0.1) is 0 Å². The molecule has 16 heavy (non-hydrogen) atoms. The normalized spacial score (nSPS) is 23.3. The Morgan fingerprint density at radius 1 is 0.812 bits per heavy atom. The maximum absolute atomic E-state index is 9.00. The molecule has 0 unspecified atom stereocenters. The SMILES string of the molecule is C1CCC(C2CCCCC2)CC1.CC(=O)O. The van der Waals surface area contributed by atoms with Crippen molar-refractivity contribution in [3.63, 3.8) is 0 Å². The Morgan fingerprint density at radius 2 is 1.06 bits per heavy atom. The molecule has 2 nitrogen and oxygen atoms in total. The smallest absolute Gasteiger partial charge is 0.300 e. The number of aliphatic carboxylic acids is 1. The fourth-order valence-electron chi connectivity index (χ4n) is 3.21. The van der Waals surface area contributed by atoms with Crippen LogP contribution < -0.4 is 0 Å². The molecule has 2 aliphatic carbocycles. The minimum atomic E-state index is -0.833. The number of rotatable bonds is 1. The Hall–Kier alpha value is -0.530. The molecule has 0 spiro atoms. The number of carboxylic acid groups (broad SMARTS) is 1. The lowest BCUT2D eigenvalue weighted by Gasteiger charge is -2.32. The third kappa shape index (κ3) is 5.53. The molecular weight excluding hydrogens is 200 g/mol. The van der Waals surface area contributed by atoms with Crippen LogP contribution in [-0.2, 0) is 4.79 Å². The summed E-state index contributed by atoms with van der Waals surface area (Å²) in [5.74, 6) is 1.44. The van der Waals surface area contributed by atoms with Crippen molar-refractivity contribution >= 4 is 5.97 Å². The topological polar surface area (TPSA) is 37.3 Å². The minimum absolute atomic E-state index is 0.833. The van der Waals surface area contributed by atoms with Crippen LogP contribution in [0, 0.1) is 11.8 Å². The van der Waals surface area contributed by atoms with Crippen LogP contribution in [0.4, 0.5) is 0 Å². The van der Waals surface area contributed by atoms with Crippen molar-refractivity contribution < 1.29 is 9.90 Å². The molecule has 0 aromatic carbocycles. The van der Waals surface area contributed by atoms with Crippen molar-refractivity contribution in [3.8, 4) is 0 Å². The minimum Gasteiger partial charge on any atom is -0.481 e. The van der Waals surface area contributed by atoms with E-state index in [1.807, 2.05) is 0 Å². The first-order valence-corrected chi connectivity index (χ1v) is 6.89. The van der Waals surface area contributed by atoms with Crippen LogP contribution in [0.1, 0.15) is 71.1 Å². The molecular formula is C14H26O2. The summed E-state index contributed by atoms with van der Waals surface area (Å²) in [5, 5.41) is 7.42. The third-order valence-corrected chi connectivity index (χ3v) is 3.97. The summed E-state index contributed by atoms with van der Waals surface area (Å²) < 4.78 is 0. The lowest BCUT2D eigenvalue weighted by atomic mass is 9.73. The molecule has 1 N–H and O–H groups in total. The molecule has 0 bridgehead atoms. The van der Waals surface area contributed by atoms with Gasteiger partial charge in [0.15, 0.2) is 0 Å². The number of hydrogen-bond donors (Lipinski definition) is 1. The lowest BCUT2D eigenvalue weighted by Crippen LogP contribution is -2.20. The first-order valence-electron chi connectivity index (χ1n) is 6.89. The molecule has 2 rings (SSSR count). The molecule has 0 radical (unpaired) electrons.